The highest BCUT2D eigenvalue weighted by Crippen LogP contribution is 2.50. The minimum absolute atomic E-state index is 0.314. The first-order valence-electron chi connectivity index (χ1n) is 4.52. The monoisotopic (exact) mass is 240 g/mol. The Bertz CT molecular complexity index is 305. The third-order valence-corrected chi connectivity index (χ3v) is 3.41. The zero-order chi connectivity index (χ0) is 9.31. The highest BCUT2D eigenvalue weighted by molar-refractivity contribution is 9.10. The van der Waals surface area contributed by atoms with Gasteiger partial charge in [0.15, 0.2) is 0 Å². The van der Waals surface area contributed by atoms with Crippen LogP contribution in [0.5, 0.6) is 0 Å². The van der Waals surface area contributed by atoms with Crippen molar-refractivity contribution in [1.29, 1.82) is 0 Å². The lowest BCUT2D eigenvalue weighted by molar-refractivity contribution is 0.171. The average molecular weight is 241 g/mol. The van der Waals surface area contributed by atoms with Gasteiger partial charge in [-0.05, 0) is 24.5 Å². The Morgan fingerprint density at radius 1 is 1.38 bits per heavy atom. The van der Waals surface area contributed by atoms with Crippen molar-refractivity contribution >= 4 is 15.9 Å². The molecule has 1 nitrogen and oxygen atoms in total. The van der Waals surface area contributed by atoms with Crippen LogP contribution in [0.1, 0.15) is 18.4 Å². The zero-order valence-corrected chi connectivity index (χ0v) is 9.30. The summed E-state index contributed by atoms with van der Waals surface area (Å²) in [6.45, 7) is 0.843. The first kappa shape index (κ1) is 9.22. The van der Waals surface area contributed by atoms with E-state index in [1.165, 1.54) is 22.9 Å². The second kappa shape index (κ2) is 3.43. The lowest BCUT2D eigenvalue weighted by Crippen LogP contribution is -2.14. The van der Waals surface area contributed by atoms with Crippen molar-refractivity contribution in [2.24, 2.45) is 0 Å². The molecule has 0 spiro atoms. The summed E-state index contributed by atoms with van der Waals surface area (Å²) in [6.07, 6.45) is 2.51. The molecule has 0 unspecified atom stereocenters. The molecule has 1 aliphatic rings. The van der Waals surface area contributed by atoms with Crippen LogP contribution in [-0.4, -0.2) is 13.7 Å². The predicted octanol–water partition coefficient (Wildman–Crippen LogP) is 3.13. The lowest BCUT2D eigenvalue weighted by Gasteiger charge is -2.15. The maximum Gasteiger partial charge on any atom is 0.0559 e. The molecular formula is C11H13BrO. The van der Waals surface area contributed by atoms with Crippen LogP contribution >= 0.6 is 15.9 Å². The number of benzene rings is 1. The van der Waals surface area contributed by atoms with Crippen molar-refractivity contribution in [1.82, 2.24) is 0 Å². The van der Waals surface area contributed by atoms with Gasteiger partial charge in [-0.3, -0.25) is 0 Å². The van der Waals surface area contributed by atoms with E-state index in [4.69, 9.17) is 4.74 Å². The molecule has 0 bridgehead atoms. The number of methoxy groups -OCH3 is 1. The van der Waals surface area contributed by atoms with Crippen LogP contribution in [-0.2, 0) is 10.2 Å². The van der Waals surface area contributed by atoms with Gasteiger partial charge in [-0.1, -0.05) is 34.1 Å². The third-order valence-electron chi connectivity index (χ3n) is 2.72. The fraction of sp³-hybridized carbons (Fsp3) is 0.455. The van der Waals surface area contributed by atoms with Gasteiger partial charge in [0.2, 0.25) is 0 Å². The molecule has 1 aromatic carbocycles. The second-order valence-electron chi connectivity index (χ2n) is 3.69. The summed E-state index contributed by atoms with van der Waals surface area (Å²) in [5.41, 5.74) is 1.71. The molecule has 0 radical (unpaired) electrons. The number of rotatable bonds is 3. The Balaban J connectivity index is 2.30. The van der Waals surface area contributed by atoms with Crippen molar-refractivity contribution in [2.45, 2.75) is 18.3 Å². The Hall–Kier alpha value is -0.340. The molecular weight excluding hydrogens is 228 g/mol. The van der Waals surface area contributed by atoms with Crippen LogP contribution in [0.3, 0.4) is 0 Å². The molecule has 1 saturated carbocycles. The van der Waals surface area contributed by atoms with Crippen LogP contribution in [0.2, 0.25) is 0 Å². The first-order valence-corrected chi connectivity index (χ1v) is 5.32. The summed E-state index contributed by atoms with van der Waals surface area (Å²) >= 11 is 3.59. The lowest BCUT2D eigenvalue weighted by atomic mass is 9.97. The molecule has 13 heavy (non-hydrogen) atoms. The van der Waals surface area contributed by atoms with Gasteiger partial charge in [0, 0.05) is 17.0 Å². The van der Waals surface area contributed by atoms with E-state index in [0.29, 0.717) is 5.41 Å². The molecule has 2 heteroatoms. The van der Waals surface area contributed by atoms with Gasteiger partial charge < -0.3 is 4.74 Å². The van der Waals surface area contributed by atoms with Crippen LogP contribution < -0.4 is 0 Å². The minimum atomic E-state index is 0.314. The Morgan fingerprint density at radius 2 is 2.08 bits per heavy atom. The van der Waals surface area contributed by atoms with Crippen LogP contribution in [0.4, 0.5) is 0 Å². The highest BCUT2D eigenvalue weighted by Gasteiger charge is 2.45. The van der Waals surface area contributed by atoms with Crippen LogP contribution in [0, 0.1) is 0 Å². The summed E-state index contributed by atoms with van der Waals surface area (Å²) in [5.74, 6) is 0. The SMILES string of the molecule is COCC1(c2ccccc2Br)CC1. The van der Waals surface area contributed by atoms with Crippen molar-refractivity contribution in [2.75, 3.05) is 13.7 Å². The van der Waals surface area contributed by atoms with Crippen molar-refractivity contribution in [3.63, 3.8) is 0 Å². The van der Waals surface area contributed by atoms with Crippen molar-refractivity contribution < 1.29 is 4.74 Å². The van der Waals surface area contributed by atoms with Gasteiger partial charge in [-0.15, -0.1) is 0 Å². The molecule has 0 N–H and O–H groups in total. The molecule has 0 aliphatic heterocycles. The molecule has 0 aromatic heterocycles. The predicted molar refractivity (Wildman–Crippen MR) is 56.9 cm³/mol. The molecule has 1 fully saturated rings. The van der Waals surface area contributed by atoms with Crippen molar-refractivity contribution in [3.8, 4) is 0 Å². The van der Waals surface area contributed by atoms with Crippen molar-refractivity contribution in [3.05, 3.63) is 34.3 Å². The minimum Gasteiger partial charge on any atom is -0.384 e. The zero-order valence-electron chi connectivity index (χ0n) is 7.72. The standard InChI is InChI=1S/C11H13BrO/c1-13-8-11(6-7-11)9-4-2-3-5-10(9)12/h2-5H,6-8H2,1H3. The normalized spacial score (nSPS) is 18.6. The van der Waals surface area contributed by atoms with E-state index in [1.54, 1.807) is 7.11 Å². The van der Waals surface area contributed by atoms with E-state index in [1.807, 2.05) is 0 Å². The maximum absolute atomic E-state index is 5.26. The van der Waals surface area contributed by atoms with E-state index in [-0.39, 0.29) is 0 Å². The van der Waals surface area contributed by atoms with E-state index >= 15 is 0 Å². The summed E-state index contributed by atoms with van der Waals surface area (Å²) < 4.78 is 6.47. The fourth-order valence-corrected chi connectivity index (χ4v) is 2.52. The van der Waals surface area contributed by atoms with Gasteiger partial charge in [-0.25, -0.2) is 0 Å². The summed E-state index contributed by atoms with van der Waals surface area (Å²) in [4.78, 5) is 0. The van der Waals surface area contributed by atoms with E-state index in [0.717, 1.165) is 6.61 Å². The molecule has 2 rings (SSSR count). The highest BCUT2D eigenvalue weighted by atomic mass is 79.9. The summed E-state index contributed by atoms with van der Waals surface area (Å²) in [6, 6.07) is 8.44. The number of hydrogen-bond donors (Lipinski definition) is 0. The van der Waals surface area contributed by atoms with Crippen LogP contribution in [0.15, 0.2) is 28.7 Å². The number of halogens is 1. The Labute approximate surface area is 87.2 Å². The number of hydrogen-bond acceptors (Lipinski definition) is 1. The Kier molecular flexibility index (Phi) is 2.43. The largest absolute Gasteiger partial charge is 0.384 e. The Morgan fingerprint density at radius 3 is 2.62 bits per heavy atom. The topological polar surface area (TPSA) is 9.23 Å². The fourth-order valence-electron chi connectivity index (χ4n) is 1.81. The molecule has 1 aromatic rings. The molecule has 0 heterocycles. The van der Waals surface area contributed by atoms with E-state index in [2.05, 4.69) is 40.2 Å². The van der Waals surface area contributed by atoms with Gasteiger partial charge in [0.05, 0.1) is 6.61 Å². The number of ether oxygens (including phenoxy) is 1. The second-order valence-corrected chi connectivity index (χ2v) is 4.55. The summed E-state index contributed by atoms with van der Waals surface area (Å²) in [7, 11) is 1.77. The maximum atomic E-state index is 5.26. The first-order chi connectivity index (χ1) is 6.28. The molecule has 0 amide bonds. The molecule has 0 saturated heterocycles. The van der Waals surface area contributed by atoms with Gasteiger partial charge in [0.1, 0.15) is 0 Å². The summed E-state index contributed by atoms with van der Waals surface area (Å²) in [5, 5.41) is 0. The smallest absolute Gasteiger partial charge is 0.0559 e. The molecule has 0 atom stereocenters. The molecule has 1 aliphatic carbocycles. The molecule has 70 valence electrons. The van der Waals surface area contributed by atoms with Crippen LogP contribution in [0.25, 0.3) is 0 Å². The van der Waals surface area contributed by atoms with Gasteiger partial charge in [-0.2, -0.15) is 0 Å². The average Bonchev–Trinajstić information content (AvgIpc) is 2.87. The van der Waals surface area contributed by atoms with Gasteiger partial charge in [0.25, 0.3) is 0 Å². The quantitative estimate of drug-likeness (QED) is 0.789. The van der Waals surface area contributed by atoms with E-state index in [9.17, 15) is 0 Å². The van der Waals surface area contributed by atoms with E-state index < -0.39 is 0 Å². The van der Waals surface area contributed by atoms with Gasteiger partial charge >= 0.3 is 0 Å². The third kappa shape index (κ3) is 1.65.